The minimum absolute atomic E-state index is 0.338. The van der Waals surface area contributed by atoms with E-state index >= 15 is 0 Å². The van der Waals surface area contributed by atoms with Crippen LogP contribution >= 0.6 is 0 Å². The van der Waals surface area contributed by atoms with Crippen molar-refractivity contribution >= 4 is 5.97 Å². The first kappa shape index (κ1) is 11.6. The summed E-state index contributed by atoms with van der Waals surface area (Å²) >= 11 is 0. The molecule has 0 aliphatic rings. The molecule has 0 amide bonds. The van der Waals surface area contributed by atoms with E-state index in [0.29, 0.717) is 18.9 Å². The topological polar surface area (TPSA) is 83.0 Å². The third-order valence-corrected chi connectivity index (χ3v) is 2.17. The van der Waals surface area contributed by atoms with Gasteiger partial charge in [0.25, 0.3) is 0 Å². The third-order valence-electron chi connectivity index (χ3n) is 2.17. The molecule has 0 saturated heterocycles. The Hall–Kier alpha value is -1.43. The highest BCUT2D eigenvalue weighted by Gasteiger charge is 2.18. The molecule has 6 heteroatoms. The highest BCUT2D eigenvalue weighted by molar-refractivity contribution is 5.75. The molecule has 0 spiro atoms. The maximum atomic E-state index is 11.3. The van der Waals surface area contributed by atoms with E-state index in [-0.39, 0.29) is 0 Å². The highest BCUT2D eigenvalue weighted by Crippen LogP contribution is 2.01. The van der Waals surface area contributed by atoms with Crippen LogP contribution in [0, 0.1) is 6.92 Å². The smallest absolute Gasteiger partial charge is 0.323 e. The Morgan fingerprint density at radius 3 is 2.73 bits per heavy atom. The molecular weight excluding hydrogens is 196 g/mol. The third kappa shape index (κ3) is 2.76. The van der Waals surface area contributed by atoms with E-state index in [9.17, 15) is 4.79 Å². The monoisotopic (exact) mass is 212 g/mol. The van der Waals surface area contributed by atoms with Crippen LogP contribution in [-0.4, -0.2) is 33.4 Å². The van der Waals surface area contributed by atoms with Crippen LogP contribution in [0.4, 0.5) is 0 Å². The van der Waals surface area contributed by atoms with Crippen LogP contribution in [0.5, 0.6) is 0 Å². The zero-order chi connectivity index (χ0) is 11.4. The molecule has 6 nitrogen and oxygen atoms in total. The first-order valence-electron chi connectivity index (χ1n) is 4.83. The average Bonchev–Trinajstić information content (AvgIpc) is 2.50. The minimum atomic E-state index is -0.674. The lowest BCUT2D eigenvalue weighted by molar-refractivity contribution is -0.144. The Bertz CT molecular complexity index is 348. The fourth-order valence-electron chi connectivity index (χ4n) is 1.16. The van der Waals surface area contributed by atoms with Crippen molar-refractivity contribution in [2.24, 2.45) is 12.8 Å². The summed E-state index contributed by atoms with van der Waals surface area (Å²) in [5, 5.41) is 7.80. The number of nitrogens with zero attached hydrogens (tertiary/aromatic N) is 3. The Balaban J connectivity index is 2.62. The molecule has 15 heavy (non-hydrogen) atoms. The van der Waals surface area contributed by atoms with Crippen molar-refractivity contribution in [3.8, 4) is 0 Å². The lowest BCUT2D eigenvalue weighted by Crippen LogP contribution is -2.35. The van der Waals surface area contributed by atoms with Crippen LogP contribution in [0.15, 0.2) is 0 Å². The quantitative estimate of drug-likeness (QED) is 0.684. The first-order valence-corrected chi connectivity index (χ1v) is 4.83. The molecule has 0 aliphatic carbocycles. The first-order chi connectivity index (χ1) is 7.06. The minimum Gasteiger partial charge on any atom is -0.465 e. The molecule has 1 heterocycles. The number of ether oxygens (including phenoxy) is 1. The van der Waals surface area contributed by atoms with E-state index in [1.54, 1.807) is 11.5 Å². The average molecular weight is 212 g/mol. The molecule has 1 aromatic heterocycles. The largest absolute Gasteiger partial charge is 0.465 e. The Kier molecular flexibility index (Phi) is 3.79. The Labute approximate surface area is 88.4 Å². The molecule has 1 atom stereocenters. The van der Waals surface area contributed by atoms with Gasteiger partial charge in [0, 0.05) is 13.5 Å². The van der Waals surface area contributed by atoms with Crippen LogP contribution in [0.2, 0.25) is 0 Å². The van der Waals surface area contributed by atoms with Gasteiger partial charge in [-0.25, -0.2) is 0 Å². The summed E-state index contributed by atoms with van der Waals surface area (Å²) in [4.78, 5) is 11.3. The number of hydrogen-bond acceptors (Lipinski definition) is 5. The molecule has 1 aromatic rings. The number of aryl methyl sites for hydroxylation is 1. The molecular formula is C9H16N4O2. The maximum absolute atomic E-state index is 11.3. The van der Waals surface area contributed by atoms with Crippen molar-refractivity contribution in [1.82, 2.24) is 14.8 Å². The van der Waals surface area contributed by atoms with Crippen LogP contribution in [0.1, 0.15) is 18.6 Å². The maximum Gasteiger partial charge on any atom is 0.323 e. The molecule has 0 radical (unpaired) electrons. The molecule has 84 valence electrons. The number of esters is 1. The second kappa shape index (κ2) is 4.88. The fourth-order valence-corrected chi connectivity index (χ4v) is 1.16. The lowest BCUT2D eigenvalue weighted by atomic mass is 10.2. The van der Waals surface area contributed by atoms with Gasteiger partial charge in [-0.05, 0) is 13.8 Å². The number of nitrogens with two attached hydrogens (primary N) is 1. The summed E-state index contributed by atoms with van der Waals surface area (Å²) in [6.07, 6.45) is 0.343. The Morgan fingerprint density at radius 1 is 1.60 bits per heavy atom. The van der Waals surface area contributed by atoms with Gasteiger partial charge in [0.2, 0.25) is 0 Å². The molecule has 1 rings (SSSR count). The van der Waals surface area contributed by atoms with E-state index in [0.717, 1.165) is 5.82 Å². The Morgan fingerprint density at radius 2 is 2.27 bits per heavy atom. The standard InChI is InChI=1S/C9H16N4O2/c1-4-15-9(14)7(10)5-8-12-11-6(2)13(8)3/h7H,4-5,10H2,1-3H3. The van der Waals surface area contributed by atoms with Crippen molar-refractivity contribution in [2.45, 2.75) is 26.3 Å². The fraction of sp³-hybridized carbons (Fsp3) is 0.667. The number of carbonyl (C=O) groups is 1. The van der Waals surface area contributed by atoms with Gasteiger partial charge in [-0.1, -0.05) is 0 Å². The molecule has 0 fully saturated rings. The number of rotatable bonds is 4. The van der Waals surface area contributed by atoms with Crippen LogP contribution in [0.3, 0.4) is 0 Å². The van der Waals surface area contributed by atoms with Gasteiger partial charge < -0.3 is 15.0 Å². The summed E-state index contributed by atoms with van der Waals surface area (Å²) in [5.41, 5.74) is 5.66. The van der Waals surface area contributed by atoms with Crippen molar-refractivity contribution < 1.29 is 9.53 Å². The summed E-state index contributed by atoms with van der Waals surface area (Å²) in [7, 11) is 1.84. The van der Waals surface area contributed by atoms with Crippen LogP contribution < -0.4 is 5.73 Å². The van der Waals surface area contributed by atoms with Gasteiger partial charge in [-0.2, -0.15) is 0 Å². The summed E-state index contributed by atoms with van der Waals surface area (Å²) in [5.74, 6) is 1.08. The lowest BCUT2D eigenvalue weighted by Gasteiger charge is -2.09. The number of aromatic nitrogens is 3. The van der Waals surface area contributed by atoms with Crippen molar-refractivity contribution in [1.29, 1.82) is 0 Å². The second-order valence-electron chi connectivity index (χ2n) is 3.29. The van der Waals surface area contributed by atoms with Crippen LogP contribution in [0.25, 0.3) is 0 Å². The van der Waals surface area contributed by atoms with E-state index in [1.807, 2.05) is 14.0 Å². The second-order valence-corrected chi connectivity index (χ2v) is 3.29. The van der Waals surface area contributed by atoms with E-state index < -0.39 is 12.0 Å². The normalized spacial score (nSPS) is 12.5. The van der Waals surface area contributed by atoms with Gasteiger partial charge in [0.15, 0.2) is 0 Å². The SMILES string of the molecule is CCOC(=O)C(N)Cc1nnc(C)n1C. The highest BCUT2D eigenvalue weighted by atomic mass is 16.5. The summed E-state index contributed by atoms with van der Waals surface area (Å²) < 4.78 is 6.61. The van der Waals surface area contributed by atoms with E-state index in [4.69, 9.17) is 10.5 Å². The van der Waals surface area contributed by atoms with Gasteiger partial charge in [0.05, 0.1) is 6.61 Å². The molecule has 1 unspecified atom stereocenters. The van der Waals surface area contributed by atoms with E-state index in [1.165, 1.54) is 0 Å². The van der Waals surface area contributed by atoms with Crippen molar-refractivity contribution in [3.63, 3.8) is 0 Å². The molecule has 0 aliphatic heterocycles. The van der Waals surface area contributed by atoms with E-state index in [2.05, 4.69) is 10.2 Å². The zero-order valence-electron chi connectivity index (χ0n) is 9.23. The van der Waals surface area contributed by atoms with Crippen molar-refractivity contribution in [3.05, 3.63) is 11.6 Å². The summed E-state index contributed by atoms with van der Waals surface area (Å²) in [6.45, 7) is 3.92. The molecule has 0 aromatic carbocycles. The predicted molar refractivity (Wildman–Crippen MR) is 54.1 cm³/mol. The summed E-state index contributed by atoms with van der Waals surface area (Å²) in [6, 6.07) is -0.674. The number of hydrogen-bond donors (Lipinski definition) is 1. The van der Waals surface area contributed by atoms with Crippen molar-refractivity contribution in [2.75, 3.05) is 6.61 Å². The number of carbonyl (C=O) groups excluding carboxylic acids is 1. The molecule has 2 N–H and O–H groups in total. The van der Waals surface area contributed by atoms with Crippen LogP contribution in [-0.2, 0) is 23.0 Å². The van der Waals surface area contributed by atoms with Gasteiger partial charge in [-0.3, -0.25) is 4.79 Å². The predicted octanol–water partition coefficient (Wildman–Crippen LogP) is -0.444. The van der Waals surface area contributed by atoms with Gasteiger partial charge in [0.1, 0.15) is 17.7 Å². The molecule has 0 bridgehead atoms. The van der Waals surface area contributed by atoms with Gasteiger partial charge >= 0.3 is 5.97 Å². The van der Waals surface area contributed by atoms with Gasteiger partial charge in [-0.15, -0.1) is 10.2 Å². The zero-order valence-corrected chi connectivity index (χ0v) is 9.23. The molecule has 0 saturated carbocycles.